The molecular weight excluding hydrogens is 180 g/mol. The fourth-order valence-electron chi connectivity index (χ4n) is 1.60. The van der Waals surface area contributed by atoms with E-state index in [2.05, 4.69) is 0 Å². The van der Waals surface area contributed by atoms with Crippen LogP contribution in [0.2, 0.25) is 0 Å². The SMILES string of the molecule is CC(C)(CCN)OC(=O)N1CCCC1. The van der Waals surface area contributed by atoms with Crippen LogP contribution in [0.1, 0.15) is 33.1 Å². The van der Waals surface area contributed by atoms with Crippen molar-refractivity contribution >= 4 is 6.09 Å². The Balaban J connectivity index is 2.38. The summed E-state index contributed by atoms with van der Waals surface area (Å²) in [5.41, 5.74) is 5.00. The zero-order chi connectivity index (χ0) is 10.6. The molecule has 0 spiro atoms. The summed E-state index contributed by atoms with van der Waals surface area (Å²) < 4.78 is 5.37. The topological polar surface area (TPSA) is 55.6 Å². The van der Waals surface area contributed by atoms with Crippen LogP contribution >= 0.6 is 0 Å². The number of ether oxygens (including phenoxy) is 1. The summed E-state index contributed by atoms with van der Waals surface area (Å²) >= 11 is 0. The summed E-state index contributed by atoms with van der Waals surface area (Å²) in [5, 5.41) is 0. The van der Waals surface area contributed by atoms with Gasteiger partial charge in [-0.3, -0.25) is 0 Å². The van der Waals surface area contributed by atoms with E-state index in [9.17, 15) is 4.79 Å². The van der Waals surface area contributed by atoms with Crippen LogP contribution in [-0.4, -0.2) is 36.2 Å². The molecule has 0 saturated carbocycles. The first kappa shape index (κ1) is 11.3. The third kappa shape index (κ3) is 3.18. The maximum absolute atomic E-state index is 11.6. The number of hydrogen-bond acceptors (Lipinski definition) is 3. The molecule has 0 aromatic carbocycles. The molecule has 2 N–H and O–H groups in total. The normalized spacial score (nSPS) is 17.2. The number of hydrogen-bond donors (Lipinski definition) is 1. The van der Waals surface area contributed by atoms with E-state index >= 15 is 0 Å². The lowest BCUT2D eigenvalue weighted by Gasteiger charge is -2.27. The highest BCUT2D eigenvalue weighted by atomic mass is 16.6. The van der Waals surface area contributed by atoms with Gasteiger partial charge in [0.15, 0.2) is 0 Å². The predicted molar refractivity (Wildman–Crippen MR) is 55.0 cm³/mol. The Kier molecular flexibility index (Phi) is 3.75. The molecule has 14 heavy (non-hydrogen) atoms. The van der Waals surface area contributed by atoms with Gasteiger partial charge in [-0.15, -0.1) is 0 Å². The molecule has 0 unspecified atom stereocenters. The Morgan fingerprint density at radius 2 is 2.00 bits per heavy atom. The number of carbonyl (C=O) groups excluding carboxylic acids is 1. The molecule has 0 atom stereocenters. The number of nitrogens with zero attached hydrogens (tertiary/aromatic N) is 1. The maximum atomic E-state index is 11.6. The van der Waals surface area contributed by atoms with Crippen molar-refractivity contribution < 1.29 is 9.53 Å². The third-order valence-electron chi connectivity index (χ3n) is 2.47. The van der Waals surface area contributed by atoms with Crippen LogP contribution in [-0.2, 0) is 4.74 Å². The van der Waals surface area contributed by atoms with Gasteiger partial charge >= 0.3 is 6.09 Å². The average Bonchev–Trinajstić information content (AvgIpc) is 2.53. The minimum absolute atomic E-state index is 0.194. The Bertz CT molecular complexity index is 198. The molecule has 1 rings (SSSR count). The van der Waals surface area contributed by atoms with E-state index in [1.54, 1.807) is 4.90 Å². The van der Waals surface area contributed by atoms with Gasteiger partial charge in [-0.1, -0.05) is 0 Å². The fraction of sp³-hybridized carbons (Fsp3) is 0.900. The van der Waals surface area contributed by atoms with Crippen molar-refractivity contribution in [1.29, 1.82) is 0 Å². The number of nitrogens with two attached hydrogens (primary N) is 1. The van der Waals surface area contributed by atoms with Crippen LogP contribution < -0.4 is 5.73 Å². The van der Waals surface area contributed by atoms with E-state index < -0.39 is 5.60 Å². The van der Waals surface area contributed by atoms with Crippen LogP contribution in [0.25, 0.3) is 0 Å². The molecular formula is C10H20N2O2. The van der Waals surface area contributed by atoms with Crippen molar-refractivity contribution in [3.05, 3.63) is 0 Å². The van der Waals surface area contributed by atoms with Crippen LogP contribution in [0.5, 0.6) is 0 Å². The summed E-state index contributed by atoms with van der Waals surface area (Å²) in [7, 11) is 0. The second-order valence-electron chi connectivity index (χ2n) is 4.36. The first-order valence-corrected chi connectivity index (χ1v) is 5.23. The van der Waals surface area contributed by atoms with Crippen LogP contribution in [0.3, 0.4) is 0 Å². The number of amides is 1. The van der Waals surface area contributed by atoms with Gasteiger partial charge in [0.25, 0.3) is 0 Å². The van der Waals surface area contributed by atoms with Crippen molar-refractivity contribution in [2.45, 2.75) is 38.7 Å². The highest BCUT2D eigenvalue weighted by Crippen LogP contribution is 2.17. The largest absolute Gasteiger partial charge is 0.443 e. The molecule has 4 heteroatoms. The lowest BCUT2D eigenvalue weighted by Crippen LogP contribution is -2.37. The van der Waals surface area contributed by atoms with E-state index in [4.69, 9.17) is 10.5 Å². The van der Waals surface area contributed by atoms with Crippen molar-refractivity contribution in [3.63, 3.8) is 0 Å². The van der Waals surface area contributed by atoms with Crippen molar-refractivity contribution in [3.8, 4) is 0 Å². The monoisotopic (exact) mass is 200 g/mol. The van der Waals surface area contributed by atoms with E-state index in [0.29, 0.717) is 13.0 Å². The molecule has 1 heterocycles. The second kappa shape index (κ2) is 4.64. The van der Waals surface area contributed by atoms with Crippen molar-refractivity contribution in [1.82, 2.24) is 4.90 Å². The van der Waals surface area contributed by atoms with E-state index in [1.165, 1.54) is 0 Å². The molecule has 4 nitrogen and oxygen atoms in total. The van der Waals surface area contributed by atoms with Gasteiger partial charge in [-0.25, -0.2) is 4.79 Å². The lowest BCUT2D eigenvalue weighted by atomic mass is 10.1. The van der Waals surface area contributed by atoms with Gasteiger partial charge < -0.3 is 15.4 Å². The number of rotatable bonds is 3. The van der Waals surface area contributed by atoms with E-state index in [0.717, 1.165) is 25.9 Å². The minimum Gasteiger partial charge on any atom is -0.443 e. The average molecular weight is 200 g/mol. The van der Waals surface area contributed by atoms with Gasteiger partial charge in [-0.05, 0) is 39.7 Å². The van der Waals surface area contributed by atoms with Gasteiger partial charge in [-0.2, -0.15) is 0 Å². The van der Waals surface area contributed by atoms with Crippen molar-refractivity contribution in [2.75, 3.05) is 19.6 Å². The third-order valence-corrected chi connectivity index (χ3v) is 2.47. The number of carbonyl (C=O) groups is 1. The molecule has 0 radical (unpaired) electrons. The molecule has 0 aromatic heterocycles. The van der Waals surface area contributed by atoms with Crippen molar-refractivity contribution in [2.24, 2.45) is 5.73 Å². The minimum atomic E-state index is -0.436. The van der Waals surface area contributed by atoms with Gasteiger partial charge in [0.05, 0.1) is 0 Å². The summed E-state index contributed by atoms with van der Waals surface area (Å²) in [6.07, 6.45) is 2.69. The van der Waals surface area contributed by atoms with Gasteiger partial charge in [0, 0.05) is 13.1 Å². The first-order valence-electron chi connectivity index (χ1n) is 5.23. The summed E-state index contributed by atoms with van der Waals surface area (Å²) in [4.78, 5) is 13.4. The van der Waals surface area contributed by atoms with Gasteiger partial charge in [0.1, 0.15) is 5.60 Å². The number of likely N-dealkylation sites (tertiary alicyclic amines) is 1. The van der Waals surface area contributed by atoms with Crippen LogP contribution in [0.15, 0.2) is 0 Å². The van der Waals surface area contributed by atoms with E-state index in [-0.39, 0.29) is 6.09 Å². The molecule has 1 aliphatic heterocycles. The van der Waals surface area contributed by atoms with E-state index in [1.807, 2.05) is 13.8 Å². The maximum Gasteiger partial charge on any atom is 0.410 e. The van der Waals surface area contributed by atoms with Gasteiger partial charge in [0.2, 0.25) is 0 Å². The molecule has 82 valence electrons. The molecule has 0 bridgehead atoms. The first-order chi connectivity index (χ1) is 6.55. The highest BCUT2D eigenvalue weighted by Gasteiger charge is 2.26. The Hall–Kier alpha value is -0.770. The molecule has 0 aliphatic carbocycles. The molecule has 1 amide bonds. The highest BCUT2D eigenvalue weighted by molar-refractivity contribution is 5.68. The van der Waals surface area contributed by atoms with Crippen LogP contribution in [0.4, 0.5) is 4.79 Å². The Morgan fingerprint density at radius 1 is 1.43 bits per heavy atom. The molecule has 0 aromatic rings. The summed E-state index contributed by atoms with van der Waals surface area (Å²) in [6.45, 7) is 6.00. The summed E-state index contributed by atoms with van der Waals surface area (Å²) in [6, 6.07) is 0. The molecule has 1 saturated heterocycles. The zero-order valence-electron chi connectivity index (χ0n) is 9.08. The van der Waals surface area contributed by atoms with Crippen LogP contribution in [0, 0.1) is 0 Å². The predicted octanol–water partition coefficient (Wildman–Crippen LogP) is 1.35. The Labute approximate surface area is 85.4 Å². The smallest absolute Gasteiger partial charge is 0.410 e. The summed E-state index contributed by atoms with van der Waals surface area (Å²) in [5.74, 6) is 0. The lowest BCUT2D eigenvalue weighted by molar-refractivity contribution is 0.0139. The molecule has 1 fully saturated rings. The quantitative estimate of drug-likeness (QED) is 0.748. The molecule has 1 aliphatic rings. The fourth-order valence-corrected chi connectivity index (χ4v) is 1.60. The standard InChI is InChI=1S/C10H20N2O2/c1-10(2,5-6-11)14-9(13)12-7-3-4-8-12/h3-8,11H2,1-2H3. The zero-order valence-corrected chi connectivity index (χ0v) is 9.08. The second-order valence-corrected chi connectivity index (χ2v) is 4.36. The Morgan fingerprint density at radius 3 is 2.50 bits per heavy atom.